The summed E-state index contributed by atoms with van der Waals surface area (Å²) in [5.41, 5.74) is -0.333. The van der Waals surface area contributed by atoms with Gasteiger partial charge in [0.25, 0.3) is 0 Å². The Morgan fingerprint density at radius 3 is 0.826 bits per heavy atom. The molecule has 0 bridgehead atoms. The molecule has 0 aromatic rings. The van der Waals surface area contributed by atoms with E-state index in [9.17, 15) is 0 Å². The van der Waals surface area contributed by atoms with E-state index in [1.807, 2.05) is 41.5 Å². The van der Waals surface area contributed by atoms with E-state index in [2.05, 4.69) is 9.69 Å². The van der Waals surface area contributed by atoms with Crippen LogP contribution in [0.5, 0.6) is 0 Å². The van der Waals surface area contributed by atoms with Crippen molar-refractivity contribution in [3.8, 4) is 24.3 Å². The van der Waals surface area contributed by atoms with Gasteiger partial charge in [-0.15, -0.1) is 24.3 Å². The minimum atomic E-state index is -0.440. The van der Waals surface area contributed by atoms with E-state index in [0.29, 0.717) is 0 Å². The van der Waals surface area contributed by atoms with Crippen molar-refractivity contribution < 1.29 is 16.5 Å². The van der Waals surface area contributed by atoms with Gasteiger partial charge in [0.2, 0.25) is 11.1 Å². The molecule has 0 aromatic carbocycles. The molecule has 0 aliphatic heterocycles. The van der Waals surface area contributed by atoms with Crippen molar-refractivity contribution in [1.29, 1.82) is 21.0 Å². The molecule has 0 saturated heterocycles. The summed E-state index contributed by atoms with van der Waals surface area (Å²) in [6.45, 7) is 24.3. The molecule has 0 radical (unpaired) electrons. The van der Waals surface area contributed by atoms with Crippen LogP contribution in [0.25, 0.3) is 9.69 Å². The van der Waals surface area contributed by atoms with Crippen LogP contribution in [0.15, 0.2) is 0 Å². The second kappa shape index (κ2) is 14.1. The third-order valence-corrected chi connectivity index (χ3v) is 1.37. The van der Waals surface area contributed by atoms with Crippen molar-refractivity contribution in [1.82, 2.24) is 0 Å². The van der Waals surface area contributed by atoms with Gasteiger partial charge in [-0.3, -0.25) is 11.8 Å². The van der Waals surface area contributed by atoms with Crippen molar-refractivity contribution >= 4 is 0 Å². The van der Waals surface area contributed by atoms with Crippen LogP contribution in [0.4, 0.5) is 0 Å². The van der Waals surface area contributed by atoms with Crippen molar-refractivity contribution in [2.24, 2.45) is 0 Å². The summed E-state index contributed by atoms with van der Waals surface area (Å²) < 4.78 is 0. The topological polar surface area (TPSA) is 104 Å². The van der Waals surface area contributed by atoms with E-state index in [0.717, 1.165) is 0 Å². The zero-order valence-electron chi connectivity index (χ0n) is 14.0. The Kier molecular flexibility index (Phi) is 17.4. The van der Waals surface area contributed by atoms with Crippen LogP contribution in [0.2, 0.25) is 0 Å². The summed E-state index contributed by atoms with van der Waals surface area (Å²) in [4.78, 5) is 6.54. The number of rotatable bonds is 1. The minimum Gasteiger partial charge on any atom is -0.311 e. The standard InChI is InChI=1S/C6N4.2C5H9N.Ni/c7-1-5(2-8)6(3-9)4-10;2*1-5(2,3)6-4;/h;2*1-3H3;/q-2;;;+2. The van der Waals surface area contributed by atoms with Crippen molar-refractivity contribution in [3.05, 3.63) is 34.7 Å². The van der Waals surface area contributed by atoms with Crippen LogP contribution in [0.3, 0.4) is 0 Å². The number of nitrogens with zero attached hydrogens (tertiary/aromatic N) is 6. The van der Waals surface area contributed by atoms with Gasteiger partial charge in [0, 0.05) is 41.5 Å². The summed E-state index contributed by atoms with van der Waals surface area (Å²) in [6.07, 6.45) is 0. The summed E-state index contributed by atoms with van der Waals surface area (Å²) in [5, 5.41) is 32.5. The van der Waals surface area contributed by atoms with E-state index in [1.165, 1.54) is 24.3 Å². The average Bonchev–Trinajstić information content (AvgIpc) is 2.44. The van der Waals surface area contributed by atoms with Crippen LogP contribution < -0.4 is 0 Å². The molecule has 0 N–H and O–H groups in total. The molecule has 0 saturated carbocycles. The van der Waals surface area contributed by atoms with Crippen LogP contribution in [0, 0.1) is 70.3 Å². The normalized spacial score (nSPS) is 7.83. The van der Waals surface area contributed by atoms with E-state index in [1.54, 1.807) is 0 Å². The molecule has 0 amide bonds. The Bertz CT molecular complexity index is 488. The molecule has 7 heteroatoms. The molecule has 23 heavy (non-hydrogen) atoms. The third kappa shape index (κ3) is 24.6. The summed E-state index contributed by atoms with van der Waals surface area (Å²) >= 11 is 0. The minimum absolute atomic E-state index is 0. The molecule has 0 aliphatic carbocycles. The fourth-order valence-electron chi connectivity index (χ4n) is 0.274. The van der Waals surface area contributed by atoms with Gasteiger partial charge < -0.3 is 9.69 Å². The van der Waals surface area contributed by atoms with E-state index in [-0.39, 0.29) is 27.6 Å². The molecule has 0 rings (SSSR count). The second-order valence-electron chi connectivity index (χ2n) is 5.76. The molecule has 0 unspecified atom stereocenters. The van der Waals surface area contributed by atoms with Gasteiger partial charge in [-0.05, 0) is 0 Å². The summed E-state index contributed by atoms with van der Waals surface area (Å²) in [5.74, 6) is -0.880. The molecule has 0 fully saturated rings. The van der Waals surface area contributed by atoms with Crippen molar-refractivity contribution in [3.63, 3.8) is 0 Å². The van der Waals surface area contributed by atoms with Crippen LogP contribution >= 0.6 is 0 Å². The van der Waals surface area contributed by atoms with Crippen LogP contribution in [-0.4, -0.2) is 11.1 Å². The van der Waals surface area contributed by atoms with Gasteiger partial charge in [-0.1, -0.05) is 0 Å². The van der Waals surface area contributed by atoms with E-state index in [4.69, 9.17) is 34.2 Å². The van der Waals surface area contributed by atoms with Gasteiger partial charge in [0.05, 0.1) is 0 Å². The number of hydrogen-bond donors (Lipinski definition) is 0. The van der Waals surface area contributed by atoms with E-state index < -0.39 is 11.8 Å². The Hall–Kier alpha value is -2.83. The van der Waals surface area contributed by atoms with Crippen LogP contribution in [-0.2, 0) is 16.5 Å². The van der Waals surface area contributed by atoms with Gasteiger partial charge in [0.15, 0.2) is 0 Å². The molecule has 0 aliphatic rings. The fraction of sp³-hybridized carbons (Fsp3) is 0.500. The van der Waals surface area contributed by atoms with Gasteiger partial charge >= 0.3 is 16.5 Å². The first-order chi connectivity index (χ1) is 9.92. The first kappa shape index (κ1) is 28.4. The van der Waals surface area contributed by atoms with Gasteiger partial charge in [-0.25, -0.2) is 34.2 Å². The first-order valence-corrected chi connectivity index (χ1v) is 6.04. The molecule has 0 spiro atoms. The smallest absolute Gasteiger partial charge is 0.311 e. The Morgan fingerprint density at radius 1 is 0.652 bits per heavy atom. The predicted molar refractivity (Wildman–Crippen MR) is 81.6 cm³/mol. The fourth-order valence-corrected chi connectivity index (χ4v) is 0.274. The third-order valence-electron chi connectivity index (χ3n) is 1.37. The molecular formula is C16H18N6Ni. The van der Waals surface area contributed by atoms with Crippen LogP contribution in [0.1, 0.15) is 41.5 Å². The van der Waals surface area contributed by atoms with E-state index >= 15 is 0 Å². The average molecular weight is 353 g/mol. The predicted octanol–water partition coefficient (Wildman–Crippen LogP) is 3.64. The quantitative estimate of drug-likeness (QED) is 0.530. The van der Waals surface area contributed by atoms with Gasteiger partial charge in [0.1, 0.15) is 0 Å². The first-order valence-electron chi connectivity index (χ1n) is 6.04. The Balaban J connectivity index is -0.000000122. The van der Waals surface area contributed by atoms with Crippen molar-refractivity contribution in [2.75, 3.05) is 0 Å². The Morgan fingerprint density at radius 2 is 0.783 bits per heavy atom. The second-order valence-corrected chi connectivity index (χ2v) is 5.76. The molecule has 0 aromatic heterocycles. The maximum absolute atomic E-state index is 8.13. The maximum atomic E-state index is 8.13. The zero-order chi connectivity index (χ0) is 18.4. The largest absolute Gasteiger partial charge is 2.00 e. The maximum Gasteiger partial charge on any atom is 2.00 e. The summed E-state index contributed by atoms with van der Waals surface area (Å²) in [6, 6.07) is 5.71. The Labute approximate surface area is 149 Å². The molecular weight excluding hydrogens is 335 g/mol. The molecule has 0 heterocycles. The molecule has 0 atom stereocenters. The SMILES string of the molecule is N#C[C-](C#N)[C-](C#N)C#N.[C-]#[N+]C(C)(C)C.[C-]#[N+]C(C)(C)C.[Ni+2]. The molecule has 6 nitrogen and oxygen atoms in total. The molecule has 122 valence electrons. The van der Waals surface area contributed by atoms with Crippen molar-refractivity contribution in [2.45, 2.75) is 52.6 Å². The monoisotopic (exact) mass is 352 g/mol. The van der Waals surface area contributed by atoms with Gasteiger partial charge in [-0.2, -0.15) is 0 Å². The summed E-state index contributed by atoms with van der Waals surface area (Å²) in [7, 11) is 0. The number of nitriles is 4. The number of hydrogen-bond acceptors (Lipinski definition) is 4. The zero-order valence-corrected chi connectivity index (χ0v) is 15.0.